The Morgan fingerprint density at radius 3 is 2.79 bits per heavy atom. The molecule has 2 rings (SSSR count). The van der Waals surface area contributed by atoms with Gasteiger partial charge in [-0.05, 0) is 18.6 Å². The number of nitrogens with zero attached hydrogens (tertiary/aromatic N) is 2. The number of carbonyl (C=O) groups excluding carboxylic acids is 2. The molecule has 1 aromatic carbocycles. The van der Waals surface area contributed by atoms with Crippen molar-refractivity contribution in [2.75, 3.05) is 39.0 Å². The molecule has 0 saturated carbocycles. The SMILES string of the molecule is CCNC(=NCC(=O)N(C)C)NCC1CC(=O)Nc2ccccc21. The number of guanidine groups is 1. The summed E-state index contributed by atoms with van der Waals surface area (Å²) in [6.07, 6.45) is 0.431. The molecule has 7 heteroatoms. The lowest BCUT2D eigenvalue weighted by molar-refractivity contribution is -0.127. The zero-order valence-corrected chi connectivity index (χ0v) is 14.4. The predicted octanol–water partition coefficient (Wildman–Crippen LogP) is 0.756. The average molecular weight is 331 g/mol. The van der Waals surface area contributed by atoms with E-state index in [9.17, 15) is 9.59 Å². The summed E-state index contributed by atoms with van der Waals surface area (Å²) in [5.41, 5.74) is 1.98. The Balaban J connectivity index is 2.02. The highest BCUT2D eigenvalue weighted by atomic mass is 16.2. The van der Waals surface area contributed by atoms with Crippen molar-refractivity contribution in [2.24, 2.45) is 4.99 Å². The van der Waals surface area contributed by atoms with Gasteiger partial charge in [0.1, 0.15) is 6.54 Å². The number of likely N-dealkylation sites (N-methyl/N-ethyl adjacent to an activating group) is 1. The number of nitrogens with one attached hydrogen (secondary N) is 3. The average Bonchev–Trinajstić information content (AvgIpc) is 2.56. The van der Waals surface area contributed by atoms with E-state index in [0.29, 0.717) is 25.5 Å². The monoisotopic (exact) mass is 331 g/mol. The van der Waals surface area contributed by atoms with Crippen LogP contribution >= 0.6 is 0 Å². The van der Waals surface area contributed by atoms with Gasteiger partial charge in [0.2, 0.25) is 11.8 Å². The number of fused-ring (bicyclic) bond motifs is 1. The van der Waals surface area contributed by atoms with Crippen LogP contribution in [-0.4, -0.2) is 56.4 Å². The Bertz CT molecular complexity index is 627. The fraction of sp³-hybridized carbons (Fsp3) is 0.471. The van der Waals surface area contributed by atoms with Gasteiger partial charge in [0.05, 0.1) is 0 Å². The first kappa shape index (κ1) is 17.8. The zero-order chi connectivity index (χ0) is 17.5. The number of carbonyl (C=O) groups is 2. The Morgan fingerprint density at radius 2 is 2.08 bits per heavy atom. The lowest BCUT2D eigenvalue weighted by atomic mass is 9.90. The second-order valence-corrected chi connectivity index (χ2v) is 5.90. The van der Waals surface area contributed by atoms with Crippen molar-refractivity contribution in [3.8, 4) is 0 Å². The van der Waals surface area contributed by atoms with E-state index in [2.05, 4.69) is 20.9 Å². The van der Waals surface area contributed by atoms with E-state index in [0.717, 1.165) is 11.3 Å². The molecule has 1 aliphatic heterocycles. The number of hydrogen-bond acceptors (Lipinski definition) is 3. The number of benzene rings is 1. The van der Waals surface area contributed by atoms with Crippen molar-refractivity contribution in [3.05, 3.63) is 29.8 Å². The summed E-state index contributed by atoms with van der Waals surface area (Å²) in [6.45, 7) is 3.33. The van der Waals surface area contributed by atoms with Crippen LogP contribution < -0.4 is 16.0 Å². The van der Waals surface area contributed by atoms with Crippen molar-refractivity contribution >= 4 is 23.5 Å². The first-order valence-corrected chi connectivity index (χ1v) is 8.12. The molecule has 1 unspecified atom stereocenters. The lowest BCUT2D eigenvalue weighted by Gasteiger charge is -2.26. The summed E-state index contributed by atoms with van der Waals surface area (Å²) in [5, 5.41) is 9.25. The van der Waals surface area contributed by atoms with Gasteiger partial charge < -0.3 is 20.9 Å². The van der Waals surface area contributed by atoms with E-state index in [1.54, 1.807) is 14.1 Å². The van der Waals surface area contributed by atoms with E-state index >= 15 is 0 Å². The number of amides is 2. The summed E-state index contributed by atoms with van der Waals surface area (Å²) < 4.78 is 0. The third kappa shape index (κ3) is 4.71. The molecule has 0 fully saturated rings. The van der Waals surface area contributed by atoms with Crippen LogP contribution in [0, 0.1) is 0 Å². The number of rotatable bonds is 5. The molecular weight excluding hydrogens is 306 g/mol. The summed E-state index contributed by atoms with van der Waals surface area (Å²) >= 11 is 0. The maximum Gasteiger partial charge on any atom is 0.243 e. The highest BCUT2D eigenvalue weighted by Crippen LogP contribution is 2.31. The molecule has 0 spiro atoms. The molecule has 0 aromatic heterocycles. The van der Waals surface area contributed by atoms with E-state index in [-0.39, 0.29) is 24.3 Å². The summed E-state index contributed by atoms with van der Waals surface area (Å²) in [6, 6.07) is 7.82. The molecule has 7 nitrogen and oxygen atoms in total. The van der Waals surface area contributed by atoms with Crippen molar-refractivity contribution in [1.29, 1.82) is 0 Å². The summed E-state index contributed by atoms with van der Waals surface area (Å²) in [4.78, 5) is 29.3. The number of hydrogen-bond donors (Lipinski definition) is 3. The number of anilines is 1. The van der Waals surface area contributed by atoms with Gasteiger partial charge in [0, 0.05) is 45.2 Å². The molecule has 1 aromatic rings. The van der Waals surface area contributed by atoms with Crippen LogP contribution in [0.3, 0.4) is 0 Å². The number of aliphatic imine (C=N–C) groups is 1. The smallest absolute Gasteiger partial charge is 0.243 e. The van der Waals surface area contributed by atoms with Gasteiger partial charge in [-0.3, -0.25) is 9.59 Å². The van der Waals surface area contributed by atoms with Gasteiger partial charge in [-0.15, -0.1) is 0 Å². The molecule has 1 heterocycles. The highest BCUT2D eigenvalue weighted by molar-refractivity contribution is 5.94. The quantitative estimate of drug-likeness (QED) is 0.549. The van der Waals surface area contributed by atoms with Crippen molar-refractivity contribution in [3.63, 3.8) is 0 Å². The summed E-state index contributed by atoms with van der Waals surface area (Å²) in [5.74, 6) is 0.610. The first-order chi connectivity index (χ1) is 11.5. The zero-order valence-electron chi connectivity index (χ0n) is 14.4. The molecule has 130 valence electrons. The minimum Gasteiger partial charge on any atom is -0.357 e. The van der Waals surface area contributed by atoms with Crippen LogP contribution in [0.5, 0.6) is 0 Å². The van der Waals surface area contributed by atoms with Crippen LogP contribution in [-0.2, 0) is 9.59 Å². The molecular formula is C17H25N5O2. The Hall–Kier alpha value is -2.57. The molecule has 0 saturated heterocycles. The lowest BCUT2D eigenvalue weighted by Crippen LogP contribution is -2.41. The molecule has 2 amide bonds. The van der Waals surface area contributed by atoms with Gasteiger partial charge in [-0.1, -0.05) is 18.2 Å². The molecule has 0 bridgehead atoms. The Kier molecular flexibility index (Phi) is 6.17. The minimum absolute atomic E-state index is 0.0187. The largest absolute Gasteiger partial charge is 0.357 e. The fourth-order valence-corrected chi connectivity index (χ4v) is 2.53. The third-order valence-corrected chi connectivity index (χ3v) is 3.84. The van der Waals surface area contributed by atoms with Crippen molar-refractivity contribution in [2.45, 2.75) is 19.3 Å². The Morgan fingerprint density at radius 1 is 1.33 bits per heavy atom. The second kappa shape index (κ2) is 8.33. The Labute approximate surface area is 142 Å². The second-order valence-electron chi connectivity index (χ2n) is 5.90. The maximum absolute atomic E-state index is 11.9. The molecule has 1 aliphatic rings. The van der Waals surface area contributed by atoms with E-state index in [1.165, 1.54) is 4.90 Å². The normalized spacial score (nSPS) is 16.9. The van der Waals surface area contributed by atoms with E-state index < -0.39 is 0 Å². The molecule has 3 N–H and O–H groups in total. The van der Waals surface area contributed by atoms with Crippen LogP contribution in [0.2, 0.25) is 0 Å². The van der Waals surface area contributed by atoms with E-state index in [1.807, 2.05) is 31.2 Å². The summed E-state index contributed by atoms with van der Waals surface area (Å²) in [7, 11) is 3.41. The van der Waals surface area contributed by atoms with Crippen LogP contribution in [0.1, 0.15) is 24.8 Å². The molecule has 1 atom stereocenters. The minimum atomic E-state index is -0.0606. The molecule has 0 radical (unpaired) electrons. The molecule has 24 heavy (non-hydrogen) atoms. The number of para-hydroxylation sites is 1. The standard InChI is InChI=1S/C17H25N5O2/c1-4-18-17(20-11-16(24)22(2)3)19-10-12-9-15(23)21-14-8-6-5-7-13(12)14/h5-8,12H,4,9-11H2,1-3H3,(H,21,23)(H2,18,19,20). The van der Waals surface area contributed by atoms with Crippen LogP contribution in [0.15, 0.2) is 29.3 Å². The fourth-order valence-electron chi connectivity index (χ4n) is 2.53. The van der Waals surface area contributed by atoms with Gasteiger partial charge >= 0.3 is 0 Å². The highest BCUT2D eigenvalue weighted by Gasteiger charge is 2.24. The van der Waals surface area contributed by atoms with Crippen molar-refractivity contribution < 1.29 is 9.59 Å². The van der Waals surface area contributed by atoms with Crippen LogP contribution in [0.25, 0.3) is 0 Å². The topological polar surface area (TPSA) is 85.8 Å². The maximum atomic E-state index is 11.9. The van der Waals surface area contributed by atoms with Crippen molar-refractivity contribution in [1.82, 2.24) is 15.5 Å². The molecule has 0 aliphatic carbocycles. The predicted molar refractivity (Wildman–Crippen MR) is 95.1 cm³/mol. The van der Waals surface area contributed by atoms with Gasteiger partial charge in [-0.2, -0.15) is 0 Å². The van der Waals surface area contributed by atoms with Gasteiger partial charge in [0.25, 0.3) is 0 Å². The van der Waals surface area contributed by atoms with Gasteiger partial charge in [0.15, 0.2) is 5.96 Å². The van der Waals surface area contributed by atoms with E-state index in [4.69, 9.17) is 0 Å². The first-order valence-electron chi connectivity index (χ1n) is 8.12. The van der Waals surface area contributed by atoms with Gasteiger partial charge in [-0.25, -0.2) is 4.99 Å². The van der Waals surface area contributed by atoms with Crippen LogP contribution in [0.4, 0.5) is 5.69 Å². The third-order valence-electron chi connectivity index (χ3n) is 3.84.